The van der Waals surface area contributed by atoms with Gasteiger partial charge in [-0.3, -0.25) is 0 Å². The molecule has 4 nitrogen and oxygen atoms in total. The first-order valence-electron chi connectivity index (χ1n) is 5.31. The third kappa shape index (κ3) is 4.37. The Labute approximate surface area is 85.6 Å². The van der Waals surface area contributed by atoms with Gasteiger partial charge in [-0.1, -0.05) is 0 Å². The molecule has 84 valence electrons. The lowest BCUT2D eigenvalue weighted by molar-refractivity contribution is -0.0542. The summed E-state index contributed by atoms with van der Waals surface area (Å²) in [6, 6.07) is 0. The molecule has 0 saturated heterocycles. The lowest BCUT2D eigenvalue weighted by Gasteiger charge is -2.34. The summed E-state index contributed by atoms with van der Waals surface area (Å²) >= 11 is 0. The lowest BCUT2D eigenvalue weighted by atomic mass is 9.82. The summed E-state index contributed by atoms with van der Waals surface area (Å²) in [5.41, 5.74) is 0. The van der Waals surface area contributed by atoms with Crippen LogP contribution in [-0.2, 0) is 9.47 Å². The molecule has 1 aliphatic rings. The molecule has 0 heterocycles. The fraction of sp³-hybridized carbons (Fsp3) is 1.00. The van der Waals surface area contributed by atoms with Crippen LogP contribution in [0.1, 0.15) is 12.8 Å². The maximum Gasteiger partial charge on any atom is 0.0704 e. The van der Waals surface area contributed by atoms with Crippen molar-refractivity contribution in [2.75, 3.05) is 40.0 Å². The minimum Gasteiger partial charge on any atom is -0.394 e. The van der Waals surface area contributed by atoms with Gasteiger partial charge in [0.05, 0.1) is 32.5 Å². The van der Waals surface area contributed by atoms with Crippen LogP contribution in [0, 0.1) is 5.92 Å². The van der Waals surface area contributed by atoms with Gasteiger partial charge in [0.2, 0.25) is 0 Å². The molecule has 0 aromatic carbocycles. The van der Waals surface area contributed by atoms with Crippen molar-refractivity contribution in [1.82, 2.24) is 5.32 Å². The van der Waals surface area contributed by atoms with Crippen molar-refractivity contribution < 1.29 is 14.6 Å². The van der Waals surface area contributed by atoms with Crippen molar-refractivity contribution in [2.24, 2.45) is 5.92 Å². The van der Waals surface area contributed by atoms with Gasteiger partial charge in [-0.05, 0) is 32.4 Å². The number of ether oxygens (including phenoxy) is 2. The summed E-state index contributed by atoms with van der Waals surface area (Å²) in [6.45, 7) is 2.84. The molecule has 1 saturated carbocycles. The molecular weight excluding hydrogens is 182 g/mol. The van der Waals surface area contributed by atoms with Gasteiger partial charge in [0.15, 0.2) is 0 Å². The standard InChI is InChI=1S/C10H21NO3/c1-11-8-9-6-10(7-9)14-5-4-13-3-2-12/h9-12H,2-8H2,1H3. The highest BCUT2D eigenvalue weighted by Gasteiger charge is 2.28. The first-order valence-corrected chi connectivity index (χ1v) is 5.31. The van der Waals surface area contributed by atoms with Crippen LogP contribution in [0.25, 0.3) is 0 Å². The fourth-order valence-corrected chi connectivity index (χ4v) is 1.71. The highest BCUT2D eigenvalue weighted by Crippen LogP contribution is 2.29. The molecule has 0 unspecified atom stereocenters. The Bertz CT molecular complexity index is 137. The zero-order chi connectivity index (χ0) is 10.2. The minimum absolute atomic E-state index is 0.0909. The Morgan fingerprint density at radius 3 is 2.71 bits per heavy atom. The van der Waals surface area contributed by atoms with Crippen LogP contribution in [0.4, 0.5) is 0 Å². The summed E-state index contributed by atoms with van der Waals surface area (Å²) in [4.78, 5) is 0. The Kier molecular flexibility index (Phi) is 6.10. The Morgan fingerprint density at radius 1 is 1.29 bits per heavy atom. The molecule has 4 heteroatoms. The lowest BCUT2D eigenvalue weighted by Crippen LogP contribution is -2.37. The quantitative estimate of drug-likeness (QED) is 0.546. The summed E-state index contributed by atoms with van der Waals surface area (Å²) in [5.74, 6) is 0.795. The molecule has 1 rings (SSSR count). The maximum atomic E-state index is 8.45. The van der Waals surface area contributed by atoms with E-state index in [1.807, 2.05) is 7.05 Å². The molecule has 0 spiro atoms. The molecule has 1 aliphatic carbocycles. The van der Waals surface area contributed by atoms with Crippen molar-refractivity contribution in [3.8, 4) is 0 Å². The third-order valence-corrected chi connectivity index (χ3v) is 2.50. The Hall–Kier alpha value is -0.160. The van der Waals surface area contributed by atoms with Crippen LogP contribution in [0.2, 0.25) is 0 Å². The van der Waals surface area contributed by atoms with E-state index in [1.54, 1.807) is 0 Å². The molecule has 0 aliphatic heterocycles. The number of aliphatic hydroxyl groups excluding tert-OH is 1. The van der Waals surface area contributed by atoms with Crippen molar-refractivity contribution in [3.05, 3.63) is 0 Å². The molecule has 2 N–H and O–H groups in total. The molecule has 0 aromatic heterocycles. The predicted octanol–water partition coefficient (Wildman–Crippen LogP) is 0.00990. The van der Waals surface area contributed by atoms with E-state index in [1.165, 1.54) is 12.8 Å². The van der Waals surface area contributed by atoms with Crippen molar-refractivity contribution in [1.29, 1.82) is 0 Å². The molecular formula is C10H21NO3. The average Bonchev–Trinajstić information content (AvgIpc) is 2.13. The van der Waals surface area contributed by atoms with Crippen LogP contribution in [0.5, 0.6) is 0 Å². The number of hydrogen-bond donors (Lipinski definition) is 2. The zero-order valence-electron chi connectivity index (χ0n) is 8.87. The smallest absolute Gasteiger partial charge is 0.0704 e. The predicted molar refractivity (Wildman–Crippen MR) is 54.3 cm³/mol. The molecule has 1 fully saturated rings. The normalized spacial score (nSPS) is 26.1. The summed E-state index contributed by atoms with van der Waals surface area (Å²) in [7, 11) is 1.98. The highest BCUT2D eigenvalue weighted by atomic mass is 16.5. The van der Waals surface area contributed by atoms with Crippen molar-refractivity contribution in [2.45, 2.75) is 18.9 Å². The number of rotatable bonds is 8. The van der Waals surface area contributed by atoms with Gasteiger partial charge in [-0.15, -0.1) is 0 Å². The van der Waals surface area contributed by atoms with E-state index in [-0.39, 0.29) is 6.61 Å². The van der Waals surface area contributed by atoms with Crippen LogP contribution in [0.15, 0.2) is 0 Å². The van der Waals surface area contributed by atoms with Crippen LogP contribution < -0.4 is 5.32 Å². The summed E-state index contributed by atoms with van der Waals surface area (Å²) < 4.78 is 10.7. The van der Waals surface area contributed by atoms with Crippen molar-refractivity contribution >= 4 is 0 Å². The van der Waals surface area contributed by atoms with Crippen LogP contribution in [0.3, 0.4) is 0 Å². The number of aliphatic hydroxyl groups is 1. The average molecular weight is 203 g/mol. The first kappa shape index (κ1) is 11.9. The van der Waals surface area contributed by atoms with Gasteiger partial charge in [-0.25, -0.2) is 0 Å². The zero-order valence-corrected chi connectivity index (χ0v) is 8.87. The van der Waals surface area contributed by atoms with Gasteiger partial charge >= 0.3 is 0 Å². The van der Waals surface area contributed by atoms with Gasteiger partial charge < -0.3 is 19.9 Å². The maximum absolute atomic E-state index is 8.45. The Balaban J connectivity index is 1.81. The SMILES string of the molecule is CNCC1CC(OCCOCCO)C1. The van der Waals surface area contributed by atoms with Gasteiger partial charge in [0.1, 0.15) is 0 Å². The second-order valence-corrected chi connectivity index (χ2v) is 3.72. The van der Waals surface area contributed by atoms with Gasteiger partial charge in [0, 0.05) is 0 Å². The van der Waals surface area contributed by atoms with E-state index in [2.05, 4.69) is 5.32 Å². The van der Waals surface area contributed by atoms with E-state index < -0.39 is 0 Å². The molecule has 14 heavy (non-hydrogen) atoms. The monoisotopic (exact) mass is 203 g/mol. The Morgan fingerprint density at radius 2 is 2.07 bits per heavy atom. The van der Waals surface area contributed by atoms with Gasteiger partial charge in [-0.2, -0.15) is 0 Å². The number of hydrogen-bond acceptors (Lipinski definition) is 4. The largest absolute Gasteiger partial charge is 0.394 e. The van der Waals surface area contributed by atoms with Gasteiger partial charge in [0.25, 0.3) is 0 Å². The molecule has 0 radical (unpaired) electrons. The summed E-state index contributed by atoms with van der Waals surface area (Å²) in [5, 5.41) is 11.6. The first-order chi connectivity index (χ1) is 6.86. The minimum atomic E-state index is 0.0909. The molecule has 0 atom stereocenters. The third-order valence-electron chi connectivity index (χ3n) is 2.50. The second kappa shape index (κ2) is 7.17. The highest BCUT2D eigenvalue weighted by molar-refractivity contribution is 4.81. The fourth-order valence-electron chi connectivity index (χ4n) is 1.71. The van der Waals surface area contributed by atoms with E-state index in [4.69, 9.17) is 14.6 Å². The van der Waals surface area contributed by atoms with E-state index in [9.17, 15) is 0 Å². The summed E-state index contributed by atoms with van der Waals surface area (Å²) in [6.07, 6.45) is 2.77. The van der Waals surface area contributed by atoms with E-state index >= 15 is 0 Å². The molecule has 0 bridgehead atoms. The second-order valence-electron chi connectivity index (χ2n) is 3.72. The van der Waals surface area contributed by atoms with Crippen molar-refractivity contribution in [3.63, 3.8) is 0 Å². The topological polar surface area (TPSA) is 50.7 Å². The molecule has 0 aromatic rings. The van der Waals surface area contributed by atoms with E-state index in [0.717, 1.165) is 12.5 Å². The van der Waals surface area contributed by atoms with Crippen LogP contribution in [-0.4, -0.2) is 51.2 Å². The van der Waals surface area contributed by atoms with E-state index in [0.29, 0.717) is 25.9 Å². The number of nitrogens with one attached hydrogen (secondary N) is 1. The van der Waals surface area contributed by atoms with Crippen LogP contribution >= 0.6 is 0 Å². The molecule has 0 amide bonds.